The van der Waals surface area contributed by atoms with Crippen molar-refractivity contribution in [2.75, 3.05) is 14.2 Å². The molecule has 0 unspecified atom stereocenters. The molecule has 0 bridgehead atoms. The quantitative estimate of drug-likeness (QED) is 0.545. The molecule has 124 valence electrons. The standard InChI is InChI=1S/C19H15N3O2S/c1-23-14-7-3-12(4-8-14)16-11-20-17-19(21-16)25-18(22-17)13-5-9-15(24-2)10-6-13/h3-11H,1-2H3. The second-order valence-electron chi connectivity index (χ2n) is 5.36. The van der Waals surface area contributed by atoms with Crippen molar-refractivity contribution >= 4 is 21.8 Å². The Labute approximate surface area is 148 Å². The van der Waals surface area contributed by atoms with E-state index in [4.69, 9.17) is 14.5 Å². The van der Waals surface area contributed by atoms with E-state index in [-0.39, 0.29) is 0 Å². The highest BCUT2D eigenvalue weighted by atomic mass is 32.1. The molecule has 0 saturated heterocycles. The van der Waals surface area contributed by atoms with Crippen LogP contribution >= 0.6 is 11.3 Å². The van der Waals surface area contributed by atoms with Crippen LogP contribution in [0.25, 0.3) is 32.3 Å². The Kier molecular flexibility index (Phi) is 4.03. The van der Waals surface area contributed by atoms with E-state index in [1.54, 1.807) is 20.4 Å². The first-order valence-electron chi connectivity index (χ1n) is 7.69. The van der Waals surface area contributed by atoms with Crippen LogP contribution in [0, 0.1) is 0 Å². The van der Waals surface area contributed by atoms with Gasteiger partial charge in [0.25, 0.3) is 0 Å². The lowest BCUT2D eigenvalue weighted by molar-refractivity contribution is 0.415. The number of methoxy groups -OCH3 is 2. The molecule has 0 fully saturated rings. The number of hydrogen-bond donors (Lipinski definition) is 0. The van der Waals surface area contributed by atoms with Crippen LogP contribution in [0.5, 0.6) is 11.5 Å². The van der Waals surface area contributed by atoms with Gasteiger partial charge in [0.2, 0.25) is 0 Å². The van der Waals surface area contributed by atoms with Crippen LogP contribution < -0.4 is 9.47 Å². The van der Waals surface area contributed by atoms with Gasteiger partial charge in [-0.25, -0.2) is 15.0 Å². The van der Waals surface area contributed by atoms with Gasteiger partial charge in [0.1, 0.15) is 16.5 Å². The van der Waals surface area contributed by atoms with Crippen molar-refractivity contribution in [1.82, 2.24) is 15.0 Å². The molecule has 0 radical (unpaired) electrons. The number of benzene rings is 2. The van der Waals surface area contributed by atoms with Crippen molar-refractivity contribution in [3.63, 3.8) is 0 Å². The van der Waals surface area contributed by atoms with Crippen LogP contribution in [0.15, 0.2) is 54.7 Å². The predicted octanol–water partition coefficient (Wildman–Crippen LogP) is 4.44. The highest BCUT2D eigenvalue weighted by Crippen LogP contribution is 2.30. The van der Waals surface area contributed by atoms with Crippen LogP contribution in [-0.4, -0.2) is 29.2 Å². The van der Waals surface area contributed by atoms with E-state index in [2.05, 4.69) is 9.97 Å². The minimum Gasteiger partial charge on any atom is -0.497 e. The van der Waals surface area contributed by atoms with Gasteiger partial charge in [-0.15, -0.1) is 0 Å². The molecule has 0 aliphatic heterocycles. The Morgan fingerprint density at radius 1 is 0.760 bits per heavy atom. The van der Waals surface area contributed by atoms with E-state index in [9.17, 15) is 0 Å². The minimum absolute atomic E-state index is 0.660. The fourth-order valence-electron chi connectivity index (χ4n) is 2.48. The number of thiazole rings is 1. The molecule has 0 spiro atoms. The van der Waals surface area contributed by atoms with Gasteiger partial charge in [-0.1, -0.05) is 11.3 Å². The highest BCUT2D eigenvalue weighted by molar-refractivity contribution is 7.21. The normalized spacial score (nSPS) is 10.8. The van der Waals surface area contributed by atoms with Crippen LogP contribution in [0.4, 0.5) is 0 Å². The van der Waals surface area contributed by atoms with E-state index < -0.39 is 0 Å². The smallest absolute Gasteiger partial charge is 0.190 e. The maximum Gasteiger partial charge on any atom is 0.190 e. The Bertz CT molecular complexity index is 966. The van der Waals surface area contributed by atoms with Gasteiger partial charge in [0, 0.05) is 11.1 Å². The number of hydrogen-bond acceptors (Lipinski definition) is 6. The van der Waals surface area contributed by atoms with E-state index in [1.165, 1.54) is 11.3 Å². The zero-order valence-corrected chi connectivity index (χ0v) is 14.6. The Morgan fingerprint density at radius 2 is 1.36 bits per heavy atom. The second-order valence-corrected chi connectivity index (χ2v) is 6.34. The molecule has 6 heteroatoms. The zero-order chi connectivity index (χ0) is 17.2. The minimum atomic E-state index is 0.660. The van der Waals surface area contributed by atoms with Crippen molar-refractivity contribution in [3.8, 4) is 33.3 Å². The van der Waals surface area contributed by atoms with E-state index in [1.807, 2.05) is 48.5 Å². The molecule has 0 saturated carbocycles. The first kappa shape index (κ1) is 15.5. The molecule has 0 aliphatic carbocycles. The van der Waals surface area contributed by atoms with Crippen molar-refractivity contribution in [2.24, 2.45) is 0 Å². The maximum absolute atomic E-state index is 5.19. The summed E-state index contributed by atoms with van der Waals surface area (Å²) in [6.45, 7) is 0. The van der Waals surface area contributed by atoms with Crippen LogP contribution in [0.3, 0.4) is 0 Å². The lowest BCUT2D eigenvalue weighted by Crippen LogP contribution is -1.87. The molecule has 4 rings (SSSR count). The number of rotatable bonds is 4. The van der Waals surface area contributed by atoms with E-state index in [0.717, 1.165) is 38.2 Å². The van der Waals surface area contributed by atoms with Crippen molar-refractivity contribution in [1.29, 1.82) is 0 Å². The fraction of sp³-hybridized carbons (Fsp3) is 0.105. The topological polar surface area (TPSA) is 57.1 Å². The first-order chi connectivity index (χ1) is 12.3. The zero-order valence-electron chi connectivity index (χ0n) is 13.8. The van der Waals surface area contributed by atoms with Gasteiger partial charge in [0.15, 0.2) is 10.5 Å². The summed E-state index contributed by atoms with van der Waals surface area (Å²) in [4.78, 5) is 14.6. The third kappa shape index (κ3) is 3.04. The summed E-state index contributed by atoms with van der Waals surface area (Å²) < 4.78 is 10.4. The van der Waals surface area contributed by atoms with Gasteiger partial charge in [-0.2, -0.15) is 0 Å². The summed E-state index contributed by atoms with van der Waals surface area (Å²) in [5.74, 6) is 1.64. The number of aromatic nitrogens is 3. The predicted molar refractivity (Wildman–Crippen MR) is 99.2 cm³/mol. The monoisotopic (exact) mass is 349 g/mol. The Hall–Kier alpha value is -2.99. The van der Waals surface area contributed by atoms with Gasteiger partial charge in [-0.05, 0) is 48.5 Å². The van der Waals surface area contributed by atoms with Crippen molar-refractivity contribution < 1.29 is 9.47 Å². The summed E-state index contributed by atoms with van der Waals surface area (Å²) in [5.41, 5.74) is 3.50. The summed E-state index contributed by atoms with van der Waals surface area (Å²) in [6, 6.07) is 15.6. The van der Waals surface area contributed by atoms with Crippen LogP contribution in [0.1, 0.15) is 0 Å². The first-order valence-corrected chi connectivity index (χ1v) is 8.51. The summed E-state index contributed by atoms with van der Waals surface area (Å²) in [5, 5.41) is 0.893. The van der Waals surface area contributed by atoms with E-state index >= 15 is 0 Å². The SMILES string of the molecule is COc1ccc(-c2cnc3nc(-c4ccc(OC)cc4)sc3n2)cc1. The molecule has 25 heavy (non-hydrogen) atoms. The van der Waals surface area contributed by atoms with Gasteiger partial charge < -0.3 is 9.47 Å². The van der Waals surface area contributed by atoms with Gasteiger partial charge in [-0.3, -0.25) is 0 Å². The maximum atomic E-state index is 5.19. The Balaban J connectivity index is 1.70. The van der Waals surface area contributed by atoms with Gasteiger partial charge >= 0.3 is 0 Å². The largest absolute Gasteiger partial charge is 0.497 e. The molecular formula is C19H15N3O2S. The number of ether oxygens (including phenoxy) is 2. The van der Waals surface area contributed by atoms with Crippen molar-refractivity contribution in [3.05, 3.63) is 54.7 Å². The molecule has 0 amide bonds. The summed E-state index contributed by atoms with van der Waals surface area (Å²) in [7, 11) is 3.31. The third-order valence-corrected chi connectivity index (χ3v) is 4.83. The molecule has 0 aliphatic rings. The summed E-state index contributed by atoms with van der Waals surface area (Å²) >= 11 is 1.53. The lowest BCUT2D eigenvalue weighted by Gasteiger charge is -2.02. The average Bonchev–Trinajstić information content (AvgIpc) is 3.11. The number of nitrogens with zero attached hydrogens (tertiary/aromatic N) is 3. The average molecular weight is 349 g/mol. The number of fused-ring (bicyclic) bond motifs is 1. The highest BCUT2D eigenvalue weighted by Gasteiger charge is 2.10. The molecule has 0 N–H and O–H groups in total. The van der Waals surface area contributed by atoms with E-state index in [0.29, 0.717) is 5.65 Å². The van der Waals surface area contributed by atoms with Crippen LogP contribution in [0.2, 0.25) is 0 Å². The molecule has 2 aromatic heterocycles. The molecule has 0 atom stereocenters. The molecule has 5 nitrogen and oxygen atoms in total. The van der Waals surface area contributed by atoms with Gasteiger partial charge in [0.05, 0.1) is 26.1 Å². The van der Waals surface area contributed by atoms with Crippen LogP contribution in [-0.2, 0) is 0 Å². The Morgan fingerprint density at radius 3 is 1.96 bits per heavy atom. The molecule has 2 aromatic carbocycles. The fourth-order valence-corrected chi connectivity index (χ4v) is 3.38. The molecule has 4 aromatic rings. The third-order valence-electron chi connectivity index (χ3n) is 3.85. The molecule has 2 heterocycles. The second kappa shape index (κ2) is 6.49. The lowest BCUT2D eigenvalue weighted by atomic mass is 10.1. The molecular weight excluding hydrogens is 334 g/mol. The summed E-state index contributed by atoms with van der Waals surface area (Å²) in [6.07, 6.45) is 1.75. The van der Waals surface area contributed by atoms with Crippen molar-refractivity contribution in [2.45, 2.75) is 0 Å².